The molecule has 5 nitrogen and oxygen atoms in total. The van der Waals surface area contributed by atoms with Gasteiger partial charge in [0.1, 0.15) is 17.8 Å². The molecule has 94 valence electrons. The van der Waals surface area contributed by atoms with E-state index in [1.165, 1.54) is 6.33 Å². The number of benzene rings is 1. The monoisotopic (exact) mass is 252 g/mol. The predicted octanol–water partition coefficient (Wildman–Crippen LogP) is 1.79. The van der Waals surface area contributed by atoms with Crippen molar-refractivity contribution in [1.29, 1.82) is 0 Å². The molecule has 0 aliphatic carbocycles. The fourth-order valence-electron chi connectivity index (χ4n) is 2.05. The lowest BCUT2D eigenvalue weighted by atomic mass is 10.1. The Hall–Kier alpha value is -2.56. The van der Waals surface area contributed by atoms with E-state index in [2.05, 4.69) is 15.1 Å². The summed E-state index contributed by atoms with van der Waals surface area (Å²) >= 11 is 0. The van der Waals surface area contributed by atoms with Gasteiger partial charge in [0.25, 0.3) is 0 Å². The van der Waals surface area contributed by atoms with Crippen LogP contribution in [0.3, 0.4) is 0 Å². The van der Waals surface area contributed by atoms with E-state index in [1.807, 2.05) is 30.3 Å². The van der Waals surface area contributed by atoms with Crippen LogP contribution in [-0.2, 0) is 13.5 Å². The molecule has 19 heavy (non-hydrogen) atoms. The fourth-order valence-corrected chi connectivity index (χ4v) is 2.05. The van der Waals surface area contributed by atoms with Gasteiger partial charge in [-0.3, -0.25) is 14.5 Å². The Balaban J connectivity index is 2.00. The topological polar surface area (TPSA) is 60.7 Å². The molecule has 0 N–H and O–H groups in total. The van der Waals surface area contributed by atoms with Crippen LogP contribution in [0.1, 0.15) is 16.3 Å². The molecule has 5 heteroatoms. The molecule has 0 atom stereocenters. The highest BCUT2D eigenvalue weighted by Gasteiger charge is 2.14. The van der Waals surface area contributed by atoms with Crippen LogP contribution >= 0.6 is 0 Å². The molecule has 0 aliphatic rings. The smallest absolute Gasteiger partial charge is 0.189 e. The summed E-state index contributed by atoms with van der Waals surface area (Å²) in [7, 11) is 1.77. The van der Waals surface area contributed by atoms with Gasteiger partial charge in [-0.1, -0.05) is 24.3 Å². The van der Waals surface area contributed by atoms with Crippen LogP contribution < -0.4 is 0 Å². The molecule has 0 spiro atoms. The summed E-state index contributed by atoms with van der Waals surface area (Å²) in [6, 6.07) is 9.62. The van der Waals surface area contributed by atoms with E-state index in [0.717, 1.165) is 10.8 Å². The van der Waals surface area contributed by atoms with Gasteiger partial charge < -0.3 is 0 Å². The van der Waals surface area contributed by atoms with Gasteiger partial charge in [0.15, 0.2) is 5.78 Å². The lowest BCUT2D eigenvalue weighted by molar-refractivity contribution is 0.0986. The van der Waals surface area contributed by atoms with E-state index in [4.69, 9.17) is 0 Å². The first-order valence-corrected chi connectivity index (χ1v) is 5.95. The van der Waals surface area contributed by atoms with Gasteiger partial charge in [0.05, 0.1) is 6.42 Å². The number of carbonyl (C=O) groups is 1. The molecule has 3 rings (SSSR count). The van der Waals surface area contributed by atoms with Crippen molar-refractivity contribution in [2.75, 3.05) is 0 Å². The van der Waals surface area contributed by atoms with Crippen molar-refractivity contribution in [2.45, 2.75) is 6.42 Å². The van der Waals surface area contributed by atoms with Crippen molar-refractivity contribution >= 4 is 16.6 Å². The number of ketones is 1. The van der Waals surface area contributed by atoms with E-state index in [9.17, 15) is 4.79 Å². The molecule has 0 amide bonds. The lowest BCUT2D eigenvalue weighted by Gasteiger charge is -2.04. The van der Waals surface area contributed by atoms with Crippen LogP contribution in [0, 0.1) is 0 Å². The molecular formula is C14H12N4O. The number of fused-ring (bicyclic) bond motifs is 1. The summed E-state index contributed by atoms with van der Waals surface area (Å²) in [6.45, 7) is 0. The third kappa shape index (κ3) is 2.10. The van der Waals surface area contributed by atoms with Gasteiger partial charge in [-0.25, -0.2) is 4.98 Å². The molecule has 0 radical (unpaired) electrons. The quantitative estimate of drug-likeness (QED) is 0.667. The maximum atomic E-state index is 12.3. The Morgan fingerprint density at radius 3 is 2.84 bits per heavy atom. The van der Waals surface area contributed by atoms with E-state index >= 15 is 0 Å². The Morgan fingerprint density at radius 2 is 2.05 bits per heavy atom. The van der Waals surface area contributed by atoms with Crippen LogP contribution in [0.4, 0.5) is 0 Å². The minimum atomic E-state index is -0.0482. The van der Waals surface area contributed by atoms with Gasteiger partial charge >= 0.3 is 0 Å². The molecule has 0 unspecified atom stereocenters. The number of aromatic nitrogens is 4. The van der Waals surface area contributed by atoms with Crippen LogP contribution in [-0.4, -0.2) is 25.5 Å². The van der Waals surface area contributed by atoms with Gasteiger partial charge in [0, 0.05) is 18.6 Å². The number of pyridine rings is 1. The maximum absolute atomic E-state index is 12.3. The number of nitrogens with zero attached hydrogens (tertiary/aromatic N) is 4. The Labute approximate surface area is 109 Å². The number of Topliss-reactive ketones (excluding diaryl/α,β-unsaturated/α-hetero) is 1. The largest absolute Gasteiger partial charge is 0.292 e. The summed E-state index contributed by atoms with van der Waals surface area (Å²) in [5, 5.41) is 5.84. The molecule has 0 aliphatic heterocycles. The van der Waals surface area contributed by atoms with E-state index in [1.54, 1.807) is 17.9 Å². The Morgan fingerprint density at radius 1 is 1.21 bits per heavy atom. The van der Waals surface area contributed by atoms with Crippen molar-refractivity contribution in [1.82, 2.24) is 19.7 Å². The molecule has 0 saturated heterocycles. The first-order chi connectivity index (χ1) is 9.25. The second-order valence-electron chi connectivity index (χ2n) is 4.28. The first kappa shape index (κ1) is 11.5. The highest BCUT2D eigenvalue weighted by molar-refractivity contribution is 6.06. The molecular weight excluding hydrogens is 240 g/mol. The Bertz CT molecular complexity index is 743. The second-order valence-corrected chi connectivity index (χ2v) is 4.28. The number of carbonyl (C=O) groups excluding carboxylic acids is 1. The van der Waals surface area contributed by atoms with Crippen molar-refractivity contribution in [3.8, 4) is 0 Å². The zero-order valence-corrected chi connectivity index (χ0v) is 10.4. The van der Waals surface area contributed by atoms with E-state index in [0.29, 0.717) is 11.5 Å². The van der Waals surface area contributed by atoms with Crippen LogP contribution in [0.15, 0.2) is 42.9 Å². The average Bonchev–Trinajstić information content (AvgIpc) is 2.83. The van der Waals surface area contributed by atoms with E-state index in [-0.39, 0.29) is 12.2 Å². The molecule has 2 aromatic heterocycles. The number of hydrogen-bond acceptors (Lipinski definition) is 4. The third-order valence-corrected chi connectivity index (χ3v) is 3.06. The second kappa shape index (κ2) is 4.61. The summed E-state index contributed by atoms with van der Waals surface area (Å²) < 4.78 is 1.60. The predicted molar refractivity (Wildman–Crippen MR) is 70.8 cm³/mol. The summed E-state index contributed by atoms with van der Waals surface area (Å²) in [6.07, 6.45) is 3.31. The Kier molecular flexibility index (Phi) is 2.79. The van der Waals surface area contributed by atoms with Crippen molar-refractivity contribution < 1.29 is 4.79 Å². The highest BCUT2D eigenvalue weighted by atomic mass is 16.1. The lowest BCUT2D eigenvalue weighted by Crippen LogP contribution is -2.11. The molecule has 1 aromatic carbocycles. The number of aryl methyl sites for hydroxylation is 1. The average molecular weight is 252 g/mol. The standard InChI is InChI=1S/C14H12N4O/c1-18-13(16-9-17-18)8-12(19)14-11-5-3-2-4-10(11)6-7-15-14/h2-7,9H,8H2,1H3. The summed E-state index contributed by atoms with van der Waals surface area (Å²) in [5.41, 5.74) is 0.487. The van der Waals surface area contributed by atoms with Gasteiger partial charge in [-0.15, -0.1) is 0 Å². The van der Waals surface area contributed by atoms with Crippen molar-refractivity contribution in [2.24, 2.45) is 7.05 Å². The zero-order chi connectivity index (χ0) is 13.2. The molecule has 0 bridgehead atoms. The minimum Gasteiger partial charge on any atom is -0.292 e. The van der Waals surface area contributed by atoms with E-state index < -0.39 is 0 Å². The third-order valence-electron chi connectivity index (χ3n) is 3.06. The van der Waals surface area contributed by atoms with Crippen LogP contribution in [0.25, 0.3) is 10.8 Å². The summed E-state index contributed by atoms with van der Waals surface area (Å²) in [4.78, 5) is 20.6. The van der Waals surface area contributed by atoms with Gasteiger partial charge in [-0.2, -0.15) is 5.10 Å². The van der Waals surface area contributed by atoms with Crippen LogP contribution in [0.2, 0.25) is 0 Å². The molecule has 2 heterocycles. The SMILES string of the molecule is Cn1ncnc1CC(=O)c1nccc2ccccc12. The molecule has 3 aromatic rings. The zero-order valence-electron chi connectivity index (χ0n) is 10.4. The summed E-state index contributed by atoms with van der Waals surface area (Å²) in [5.74, 6) is 0.590. The highest BCUT2D eigenvalue weighted by Crippen LogP contribution is 2.17. The van der Waals surface area contributed by atoms with Crippen molar-refractivity contribution in [3.63, 3.8) is 0 Å². The van der Waals surface area contributed by atoms with Gasteiger partial charge in [0.2, 0.25) is 0 Å². The normalized spacial score (nSPS) is 10.8. The maximum Gasteiger partial charge on any atom is 0.189 e. The van der Waals surface area contributed by atoms with Crippen LogP contribution in [0.5, 0.6) is 0 Å². The first-order valence-electron chi connectivity index (χ1n) is 5.95. The minimum absolute atomic E-state index is 0.0482. The number of rotatable bonds is 3. The van der Waals surface area contributed by atoms with Gasteiger partial charge in [-0.05, 0) is 11.5 Å². The fraction of sp³-hybridized carbons (Fsp3) is 0.143. The number of hydrogen-bond donors (Lipinski definition) is 0. The molecule has 0 fully saturated rings. The molecule has 0 saturated carbocycles. The van der Waals surface area contributed by atoms with Crippen molar-refractivity contribution in [3.05, 3.63) is 54.4 Å².